The van der Waals surface area contributed by atoms with Crippen molar-refractivity contribution in [1.82, 2.24) is 24.8 Å². The van der Waals surface area contributed by atoms with E-state index in [4.69, 9.17) is 0 Å². The highest BCUT2D eigenvalue weighted by Gasteiger charge is 2.26. The number of likely N-dealkylation sites (tertiary alicyclic amines) is 1. The molecule has 2 aromatic heterocycles. The van der Waals surface area contributed by atoms with Crippen molar-refractivity contribution < 1.29 is 4.79 Å². The lowest BCUT2D eigenvalue weighted by atomic mass is 9.93. The van der Waals surface area contributed by atoms with Crippen LogP contribution in [0.5, 0.6) is 0 Å². The first-order valence-electron chi connectivity index (χ1n) is 8.88. The number of nitrogens with zero attached hydrogens (tertiary/aromatic N) is 5. The van der Waals surface area contributed by atoms with Crippen LogP contribution in [0.3, 0.4) is 0 Å². The number of nitrogens with one attached hydrogen (secondary N) is 1. The van der Waals surface area contributed by atoms with Crippen molar-refractivity contribution in [2.24, 2.45) is 0 Å². The zero-order valence-corrected chi connectivity index (χ0v) is 16.6. The number of amides is 1. The highest BCUT2D eigenvalue weighted by molar-refractivity contribution is 7.15. The van der Waals surface area contributed by atoms with E-state index in [-0.39, 0.29) is 5.91 Å². The molecule has 1 aliphatic heterocycles. The molecule has 1 fully saturated rings. The molecule has 1 N–H and O–H groups in total. The summed E-state index contributed by atoms with van der Waals surface area (Å²) in [5.74, 6) is 1.29. The van der Waals surface area contributed by atoms with Gasteiger partial charge in [-0.05, 0) is 39.8 Å². The Kier molecular flexibility index (Phi) is 5.83. The molecule has 0 saturated carbocycles. The normalized spacial score (nSPS) is 15.8. The van der Waals surface area contributed by atoms with Gasteiger partial charge in [-0.2, -0.15) is 0 Å². The minimum Gasteiger partial charge on any atom is -0.348 e. The number of carbonyl (C=O) groups excluding carboxylic acids is 1. The van der Waals surface area contributed by atoms with E-state index < -0.39 is 0 Å². The van der Waals surface area contributed by atoms with Gasteiger partial charge in [-0.3, -0.25) is 14.7 Å². The number of likely N-dealkylation sites (N-methyl/N-ethyl adjacent to an activating group) is 1. The fourth-order valence-electron chi connectivity index (χ4n) is 3.07. The van der Waals surface area contributed by atoms with Gasteiger partial charge in [0.15, 0.2) is 10.9 Å². The summed E-state index contributed by atoms with van der Waals surface area (Å²) in [6.07, 6.45) is 5.42. The van der Waals surface area contributed by atoms with E-state index in [1.54, 1.807) is 42.7 Å². The van der Waals surface area contributed by atoms with Crippen LogP contribution in [0, 0.1) is 13.8 Å². The second-order valence-corrected chi connectivity index (χ2v) is 8.12. The fraction of sp³-hybridized carbons (Fsp3) is 0.556. The summed E-state index contributed by atoms with van der Waals surface area (Å²) in [7, 11) is 3.60. The number of rotatable bonds is 5. The van der Waals surface area contributed by atoms with Crippen LogP contribution in [0.25, 0.3) is 0 Å². The zero-order valence-electron chi connectivity index (χ0n) is 15.8. The predicted octanol–water partition coefficient (Wildman–Crippen LogP) is 2.56. The predicted molar refractivity (Wildman–Crippen MR) is 104 cm³/mol. The summed E-state index contributed by atoms with van der Waals surface area (Å²) in [4.78, 5) is 30.6. The van der Waals surface area contributed by atoms with Crippen LogP contribution >= 0.6 is 11.3 Å². The number of hydrogen-bond acceptors (Lipinski definition) is 7. The van der Waals surface area contributed by atoms with Gasteiger partial charge in [0.1, 0.15) is 0 Å². The van der Waals surface area contributed by atoms with Gasteiger partial charge in [-0.1, -0.05) is 0 Å². The Morgan fingerprint density at radius 2 is 1.96 bits per heavy atom. The second kappa shape index (κ2) is 8.09. The summed E-state index contributed by atoms with van der Waals surface area (Å²) >= 11 is 1.63. The molecule has 7 nitrogen and oxygen atoms in total. The standard InChI is InChI=1S/C18H26N6OS/c1-12-13(2)26-18(21-12)22-17-16(19-7-8-20-17)14-5-9-24(10-6-14)11-15(25)23(3)4/h7-8,14H,5-6,9-11H2,1-4H3,(H,20,21,22). The van der Waals surface area contributed by atoms with Gasteiger partial charge in [-0.25, -0.2) is 9.97 Å². The molecule has 0 unspecified atom stereocenters. The molecule has 0 bridgehead atoms. The molecule has 140 valence electrons. The molecule has 26 heavy (non-hydrogen) atoms. The third kappa shape index (κ3) is 4.37. The smallest absolute Gasteiger partial charge is 0.236 e. The van der Waals surface area contributed by atoms with Gasteiger partial charge in [-0.15, -0.1) is 11.3 Å². The maximum Gasteiger partial charge on any atom is 0.236 e. The summed E-state index contributed by atoms with van der Waals surface area (Å²) in [6, 6.07) is 0. The Hall–Kier alpha value is -2.06. The fourth-order valence-corrected chi connectivity index (χ4v) is 3.88. The van der Waals surface area contributed by atoms with Crippen molar-refractivity contribution in [3.63, 3.8) is 0 Å². The lowest BCUT2D eigenvalue weighted by Gasteiger charge is -2.32. The number of aryl methyl sites for hydroxylation is 2. The number of thiazole rings is 1. The minimum atomic E-state index is 0.153. The van der Waals surface area contributed by atoms with E-state index in [1.165, 1.54) is 4.88 Å². The van der Waals surface area contributed by atoms with Gasteiger partial charge >= 0.3 is 0 Å². The van der Waals surface area contributed by atoms with Crippen LogP contribution in [0.4, 0.5) is 10.9 Å². The van der Waals surface area contributed by atoms with Crippen LogP contribution in [0.15, 0.2) is 12.4 Å². The molecule has 0 atom stereocenters. The van der Waals surface area contributed by atoms with E-state index in [0.29, 0.717) is 12.5 Å². The van der Waals surface area contributed by atoms with Gasteiger partial charge in [0.25, 0.3) is 0 Å². The third-order valence-electron chi connectivity index (χ3n) is 4.81. The highest BCUT2D eigenvalue weighted by Crippen LogP contribution is 2.32. The van der Waals surface area contributed by atoms with Crippen LogP contribution in [0.2, 0.25) is 0 Å². The number of carbonyl (C=O) groups is 1. The molecule has 8 heteroatoms. The van der Waals surface area contributed by atoms with Gasteiger partial charge in [0, 0.05) is 37.3 Å². The van der Waals surface area contributed by atoms with Gasteiger partial charge < -0.3 is 10.2 Å². The number of hydrogen-bond donors (Lipinski definition) is 1. The average molecular weight is 375 g/mol. The molecule has 3 rings (SSSR count). The summed E-state index contributed by atoms with van der Waals surface area (Å²) < 4.78 is 0. The Morgan fingerprint density at radius 3 is 2.58 bits per heavy atom. The molecule has 2 aromatic rings. The number of anilines is 2. The van der Waals surface area contributed by atoms with Crippen molar-refractivity contribution in [2.45, 2.75) is 32.6 Å². The molecule has 1 saturated heterocycles. The van der Waals surface area contributed by atoms with Crippen molar-refractivity contribution in [3.8, 4) is 0 Å². The first kappa shape index (κ1) is 18.7. The van der Waals surface area contributed by atoms with Gasteiger partial charge in [0.2, 0.25) is 5.91 Å². The maximum absolute atomic E-state index is 11.9. The molecule has 0 aliphatic carbocycles. The topological polar surface area (TPSA) is 74.2 Å². The van der Waals surface area contributed by atoms with E-state index >= 15 is 0 Å². The molecular formula is C18H26N6OS. The Bertz CT molecular complexity index is 747. The SMILES string of the molecule is Cc1nc(Nc2nccnc2C2CCN(CC(=O)N(C)C)CC2)sc1C. The zero-order chi connectivity index (χ0) is 18.7. The van der Waals surface area contributed by atoms with Crippen molar-refractivity contribution in [1.29, 1.82) is 0 Å². The summed E-state index contributed by atoms with van der Waals surface area (Å²) in [6.45, 7) is 6.37. The largest absolute Gasteiger partial charge is 0.348 e. The van der Waals surface area contributed by atoms with E-state index in [1.807, 2.05) is 6.92 Å². The second-order valence-electron chi connectivity index (χ2n) is 6.91. The Morgan fingerprint density at radius 1 is 1.27 bits per heavy atom. The molecule has 0 spiro atoms. The van der Waals surface area contributed by atoms with E-state index in [9.17, 15) is 4.79 Å². The van der Waals surface area contributed by atoms with Crippen molar-refractivity contribution in [2.75, 3.05) is 39.0 Å². The van der Waals surface area contributed by atoms with Crippen molar-refractivity contribution in [3.05, 3.63) is 28.7 Å². The van der Waals surface area contributed by atoms with Crippen LogP contribution < -0.4 is 5.32 Å². The monoisotopic (exact) mass is 374 g/mol. The molecule has 3 heterocycles. The first-order valence-corrected chi connectivity index (χ1v) is 9.70. The minimum absolute atomic E-state index is 0.153. The average Bonchev–Trinajstić information content (AvgIpc) is 2.93. The van der Waals surface area contributed by atoms with E-state index in [0.717, 1.165) is 48.3 Å². The van der Waals surface area contributed by atoms with Crippen molar-refractivity contribution >= 4 is 28.2 Å². The number of piperidine rings is 1. The van der Waals surface area contributed by atoms with Crippen LogP contribution in [0.1, 0.15) is 35.0 Å². The van der Waals surface area contributed by atoms with Gasteiger partial charge in [0.05, 0.1) is 17.9 Å². The molecule has 0 radical (unpaired) electrons. The Balaban J connectivity index is 1.66. The molecular weight excluding hydrogens is 348 g/mol. The highest BCUT2D eigenvalue weighted by atomic mass is 32.1. The first-order chi connectivity index (χ1) is 12.4. The third-order valence-corrected chi connectivity index (χ3v) is 5.80. The molecule has 1 aliphatic rings. The maximum atomic E-state index is 11.9. The number of aromatic nitrogens is 3. The molecule has 0 aromatic carbocycles. The quantitative estimate of drug-likeness (QED) is 0.867. The summed E-state index contributed by atoms with van der Waals surface area (Å²) in [5.41, 5.74) is 2.04. The lowest BCUT2D eigenvalue weighted by molar-refractivity contribution is -0.130. The Labute approximate surface area is 158 Å². The van der Waals surface area contributed by atoms with Crippen LogP contribution in [-0.2, 0) is 4.79 Å². The van der Waals surface area contributed by atoms with Crippen LogP contribution in [-0.4, -0.2) is 64.4 Å². The summed E-state index contributed by atoms with van der Waals surface area (Å²) in [5, 5.41) is 4.21. The van der Waals surface area contributed by atoms with E-state index in [2.05, 4.69) is 32.1 Å². The lowest BCUT2D eigenvalue weighted by Crippen LogP contribution is -2.40. The molecule has 1 amide bonds.